The molecule has 0 atom stereocenters. The van der Waals surface area contributed by atoms with E-state index in [2.05, 4.69) is 5.10 Å². The molecule has 0 radical (unpaired) electrons. The summed E-state index contributed by atoms with van der Waals surface area (Å²) in [6.07, 6.45) is 0.534. The Morgan fingerprint density at radius 3 is 2.56 bits per heavy atom. The first-order chi connectivity index (χ1) is 12.2. The van der Waals surface area contributed by atoms with Crippen LogP contribution in [0.15, 0.2) is 35.4 Å². The fourth-order valence-corrected chi connectivity index (χ4v) is 3.17. The highest BCUT2D eigenvalue weighted by Gasteiger charge is 2.29. The van der Waals surface area contributed by atoms with Crippen molar-refractivity contribution in [2.75, 3.05) is 45.9 Å². The molecule has 0 unspecified atom stereocenters. The highest BCUT2D eigenvalue weighted by molar-refractivity contribution is 6.02. The molecular weight excluding hydrogens is 320 g/mol. The van der Waals surface area contributed by atoms with Crippen molar-refractivity contribution in [3.8, 4) is 0 Å². The normalized spacial score (nSPS) is 18.2. The van der Waals surface area contributed by atoms with Gasteiger partial charge in [0.15, 0.2) is 6.54 Å². The van der Waals surface area contributed by atoms with Gasteiger partial charge >= 0.3 is 6.09 Å². The summed E-state index contributed by atoms with van der Waals surface area (Å²) in [5.41, 5.74) is 2.05. The summed E-state index contributed by atoms with van der Waals surface area (Å²) in [4.78, 5) is 27.1. The Balaban J connectivity index is 1.49. The monoisotopic (exact) mass is 345 g/mol. The summed E-state index contributed by atoms with van der Waals surface area (Å²) in [5, 5.41) is 6.08. The van der Waals surface area contributed by atoms with E-state index in [1.54, 1.807) is 16.8 Å². The first kappa shape index (κ1) is 17.4. The number of amides is 2. The van der Waals surface area contributed by atoms with Gasteiger partial charge in [0.2, 0.25) is 0 Å². The molecule has 2 aliphatic heterocycles. The smallest absolute Gasteiger partial charge is 0.410 e. The second-order valence-electron chi connectivity index (χ2n) is 6.29. The second kappa shape index (κ2) is 8.11. The number of hydrazone groups is 1. The first-order valence-electron chi connectivity index (χ1n) is 8.86. The molecule has 0 spiro atoms. The van der Waals surface area contributed by atoms with Crippen LogP contribution in [0.1, 0.15) is 18.9 Å². The summed E-state index contributed by atoms with van der Waals surface area (Å²) >= 11 is 0. The zero-order valence-corrected chi connectivity index (χ0v) is 14.6. The van der Waals surface area contributed by atoms with E-state index >= 15 is 0 Å². The van der Waals surface area contributed by atoms with Crippen LogP contribution in [0, 0.1) is 0 Å². The van der Waals surface area contributed by atoms with E-state index in [-0.39, 0.29) is 12.0 Å². The molecule has 0 bridgehead atoms. The number of benzene rings is 1. The molecule has 7 nitrogen and oxygen atoms in total. The van der Waals surface area contributed by atoms with Crippen LogP contribution in [0.25, 0.3) is 0 Å². The van der Waals surface area contributed by atoms with Crippen LogP contribution in [0.3, 0.4) is 0 Å². The molecule has 134 valence electrons. The molecule has 1 fully saturated rings. The lowest BCUT2D eigenvalue weighted by molar-refractivity contribution is -0.896. The van der Waals surface area contributed by atoms with E-state index in [0.29, 0.717) is 32.8 Å². The third kappa shape index (κ3) is 4.36. The van der Waals surface area contributed by atoms with Crippen LogP contribution in [0.2, 0.25) is 0 Å². The SMILES string of the molecule is CCOC(=O)N1CC[NH+](CC(=O)N2CCC(c3ccccc3)=N2)CC1. The van der Waals surface area contributed by atoms with Crippen molar-refractivity contribution < 1.29 is 19.2 Å². The second-order valence-corrected chi connectivity index (χ2v) is 6.29. The predicted molar refractivity (Wildman–Crippen MR) is 93.5 cm³/mol. The maximum Gasteiger partial charge on any atom is 0.410 e. The highest BCUT2D eigenvalue weighted by Crippen LogP contribution is 2.13. The number of hydrogen-bond donors (Lipinski definition) is 1. The number of nitrogens with zero attached hydrogens (tertiary/aromatic N) is 3. The lowest BCUT2D eigenvalue weighted by atomic mass is 10.1. The van der Waals surface area contributed by atoms with E-state index in [1.165, 1.54) is 4.90 Å². The lowest BCUT2D eigenvalue weighted by Gasteiger charge is -2.31. The minimum atomic E-state index is -0.260. The third-order valence-corrected chi connectivity index (χ3v) is 4.59. The van der Waals surface area contributed by atoms with Gasteiger partial charge in [-0.05, 0) is 12.5 Å². The molecule has 25 heavy (non-hydrogen) atoms. The number of rotatable bonds is 4. The van der Waals surface area contributed by atoms with Crippen molar-refractivity contribution in [2.45, 2.75) is 13.3 Å². The standard InChI is InChI=1S/C18H24N4O3/c1-2-25-18(24)21-12-10-20(11-13-21)14-17(23)22-9-8-16(19-22)15-6-4-3-5-7-15/h3-7H,2,8-14H2,1H3/p+1. The number of piperazine rings is 1. The van der Waals surface area contributed by atoms with Crippen molar-refractivity contribution in [1.29, 1.82) is 0 Å². The molecule has 1 saturated heterocycles. The van der Waals surface area contributed by atoms with Gasteiger partial charge in [-0.1, -0.05) is 30.3 Å². The zero-order chi connectivity index (χ0) is 17.6. The Hall–Kier alpha value is -2.41. The van der Waals surface area contributed by atoms with Crippen LogP contribution >= 0.6 is 0 Å². The number of quaternary nitrogens is 1. The van der Waals surface area contributed by atoms with Gasteiger partial charge in [-0.3, -0.25) is 9.69 Å². The Morgan fingerprint density at radius 1 is 1.16 bits per heavy atom. The van der Waals surface area contributed by atoms with Crippen molar-refractivity contribution in [2.24, 2.45) is 5.10 Å². The van der Waals surface area contributed by atoms with Crippen LogP contribution in [-0.2, 0) is 9.53 Å². The van der Waals surface area contributed by atoms with E-state index in [9.17, 15) is 9.59 Å². The van der Waals surface area contributed by atoms with Gasteiger partial charge in [0.1, 0.15) is 0 Å². The summed E-state index contributed by atoms with van der Waals surface area (Å²) in [7, 11) is 0. The molecule has 2 heterocycles. The Bertz CT molecular complexity index is 639. The van der Waals surface area contributed by atoms with E-state index in [0.717, 1.165) is 30.8 Å². The summed E-state index contributed by atoms with van der Waals surface area (Å²) in [6.45, 7) is 6.02. The average Bonchev–Trinajstić information content (AvgIpc) is 3.13. The molecule has 3 rings (SSSR count). The van der Waals surface area contributed by atoms with Gasteiger partial charge < -0.3 is 9.64 Å². The molecule has 0 aromatic heterocycles. The van der Waals surface area contributed by atoms with Gasteiger partial charge in [-0.15, -0.1) is 0 Å². The largest absolute Gasteiger partial charge is 0.450 e. The quantitative estimate of drug-likeness (QED) is 0.834. The van der Waals surface area contributed by atoms with E-state index in [4.69, 9.17) is 4.74 Å². The number of carbonyl (C=O) groups is 2. The van der Waals surface area contributed by atoms with Crippen molar-refractivity contribution in [3.05, 3.63) is 35.9 Å². The molecule has 0 aliphatic carbocycles. The average molecular weight is 345 g/mol. The van der Waals surface area contributed by atoms with Gasteiger partial charge in [-0.25, -0.2) is 9.80 Å². The minimum Gasteiger partial charge on any atom is -0.450 e. The molecule has 2 aliphatic rings. The fraction of sp³-hybridized carbons (Fsp3) is 0.500. The first-order valence-corrected chi connectivity index (χ1v) is 8.86. The minimum absolute atomic E-state index is 0.0468. The third-order valence-electron chi connectivity index (χ3n) is 4.59. The fourth-order valence-electron chi connectivity index (χ4n) is 3.17. The number of nitrogens with one attached hydrogen (secondary N) is 1. The molecule has 2 amide bonds. The van der Waals surface area contributed by atoms with Crippen LogP contribution in [0.4, 0.5) is 4.79 Å². The molecular formula is C18H25N4O3+. The van der Waals surface area contributed by atoms with Crippen LogP contribution in [-0.4, -0.2) is 73.5 Å². The molecule has 1 aromatic carbocycles. The topological polar surface area (TPSA) is 66.7 Å². The number of carbonyl (C=O) groups excluding carboxylic acids is 2. The van der Waals surface area contributed by atoms with Crippen molar-refractivity contribution >= 4 is 17.7 Å². The Labute approximate surface area is 147 Å². The predicted octanol–water partition coefficient (Wildman–Crippen LogP) is -0.0200. The highest BCUT2D eigenvalue weighted by atomic mass is 16.6. The molecule has 7 heteroatoms. The zero-order valence-electron chi connectivity index (χ0n) is 14.6. The Kier molecular flexibility index (Phi) is 5.65. The van der Waals surface area contributed by atoms with Gasteiger partial charge in [0.25, 0.3) is 5.91 Å². The van der Waals surface area contributed by atoms with E-state index < -0.39 is 0 Å². The molecule has 0 saturated carbocycles. The summed E-state index contributed by atoms with van der Waals surface area (Å²) in [5.74, 6) is 0.0468. The molecule has 1 N–H and O–H groups in total. The maximum atomic E-state index is 12.5. The number of hydrogen-bond acceptors (Lipinski definition) is 4. The van der Waals surface area contributed by atoms with Gasteiger partial charge in [0.05, 0.1) is 45.0 Å². The number of ether oxygens (including phenoxy) is 1. The summed E-state index contributed by atoms with van der Waals surface area (Å²) < 4.78 is 5.02. The van der Waals surface area contributed by atoms with Crippen molar-refractivity contribution in [1.82, 2.24) is 9.91 Å². The maximum absolute atomic E-state index is 12.5. The molecule has 1 aromatic rings. The Morgan fingerprint density at radius 2 is 1.88 bits per heavy atom. The van der Waals surface area contributed by atoms with Crippen LogP contribution in [0.5, 0.6) is 0 Å². The van der Waals surface area contributed by atoms with Crippen LogP contribution < -0.4 is 4.90 Å². The van der Waals surface area contributed by atoms with Crippen molar-refractivity contribution in [3.63, 3.8) is 0 Å². The summed E-state index contributed by atoms with van der Waals surface area (Å²) in [6, 6.07) is 9.98. The van der Waals surface area contributed by atoms with Gasteiger partial charge in [-0.2, -0.15) is 5.10 Å². The van der Waals surface area contributed by atoms with Gasteiger partial charge in [0, 0.05) is 6.42 Å². The lowest BCUT2D eigenvalue weighted by Crippen LogP contribution is -3.15. The van der Waals surface area contributed by atoms with E-state index in [1.807, 2.05) is 30.3 Å².